The van der Waals surface area contributed by atoms with Crippen LogP contribution in [0, 0.1) is 17.2 Å². The van der Waals surface area contributed by atoms with Gasteiger partial charge in [-0.1, -0.05) is 0 Å². The Morgan fingerprint density at radius 1 is 1.44 bits per heavy atom. The van der Waals surface area contributed by atoms with E-state index in [0.717, 1.165) is 0 Å². The second-order valence-electron chi connectivity index (χ2n) is 6.62. The first kappa shape index (κ1) is 18.7. The Morgan fingerprint density at radius 3 is 2.78 bits per heavy atom. The third-order valence-corrected chi connectivity index (χ3v) is 4.97. The van der Waals surface area contributed by atoms with Crippen molar-refractivity contribution in [1.82, 2.24) is 14.5 Å². The number of piperidine rings is 1. The van der Waals surface area contributed by atoms with E-state index in [1.165, 1.54) is 7.11 Å². The van der Waals surface area contributed by atoms with Gasteiger partial charge in [0.15, 0.2) is 0 Å². The predicted molar refractivity (Wildman–Crippen MR) is 99.2 cm³/mol. The molecule has 3 rings (SSSR count). The molecule has 1 aromatic heterocycles. The van der Waals surface area contributed by atoms with Crippen molar-refractivity contribution >= 4 is 11.7 Å². The summed E-state index contributed by atoms with van der Waals surface area (Å²) in [7, 11) is 3.36. The van der Waals surface area contributed by atoms with Crippen molar-refractivity contribution in [3.8, 4) is 11.8 Å². The van der Waals surface area contributed by atoms with Crippen molar-refractivity contribution < 1.29 is 14.6 Å². The number of benzene rings is 1. The molecule has 1 aliphatic heterocycles. The molecule has 1 atom stereocenters. The number of carbonyl (C=O) groups excluding carboxylic acids is 1. The lowest BCUT2D eigenvalue weighted by Crippen LogP contribution is -2.42. The van der Waals surface area contributed by atoms with E-state index in [-0.39, 0.29) is 11.9 Å². The quantitative estimate of drug-likeness (QED) is 0.860. The number of nitrogens with zero attached hydrogens (tertiary/aromatic N) is 4. The first-order valence-electron chi connectivity index (χ1n) is 8.83. The molecule has 2 heterocycles. The zero-order chi connectivity index (χ0) is 19.4. The van der Waals surface area contributed by atoms with Crippen LogP contribution >= 0.6 is 0 Å². The number of nitriles is 1. The Bertz CT molecular complexity index is 849. The number of hydrogen-bond acceptors (Lipinski definition) is 5. The van der Waals surface area contributed by atoms with Crippen molar-refractivity contribution in [2.45, 2.75) is 18.9 Å². The summed E-state index contributed by atoms with van der Waals surface area (Å²) in [5.74, 6) is 1.20. The minimum Gasteiger partial charge on any atom is -0.495 e. The number of rotatable bonds is 4. The molecule has 0 radical (unpaired) electrons. The number of aliphatic hydroxyl groups excluding tert-OH is 1. The van der Waals surface area contributed by atoms with Crippen LogP contribution in [0.3, 0.4) is 0 Å². The normalized spacial score (nSPS) is 15.9. The molecule has 1 fully saturated rings. The summed E-state index contributed by atoms with van der Waals surface area (Å²) in [4.78, 5) is 18.4. The van der Waals surface area contributed by atoms with Crippen LogP contribution in [0.1, 0.15) is 30.3 Å². The fourth-order valence-corrected chi connectivity index (χ4v) is 3.37. The summed E-state index contributed by atoms with van der Waals surface area (Å²) in [5, 5.41) is 22.5. The number of aliphatic hydroxyl groups is 1. The molecule has 0 unspecified atom stereocenters. The maximum absolute atomic E-state index is 12.5. The van der Waals surface area contributed by atoms with E-state index in [0.29, 0.717) is 48.8 Å². The fourth-order valence-electron chi connectivity index (χ4n) is 3.37. The number of carbonyl (C=O) groups is 1. The highest BCUT2D eigenvalue weighted by molar-refractivity contribution is 5.89. The molecule has 1 aromatic carbocycles. The number of likely N-dealkylation sites (tertiary alicyclic amines) is 1. The van der Waals surface area contributed by atoms with Crippen LogP contribution in [-0.4, -0.2) is 45.8 Å². The van der Waals surface area contributed by atoms with Crippen LogP contribution in [0.2, 0.25) is 0 Å². The monoisotopic (exact) mass is 369 g/mol. The number of amides is 2. The second kappa shape index (κ2) is 8.10. The number of nitrogens with one attached hydrogen (secondary N) is 1. The third-order valence-electron chi connectivity index (χ3n) is 4.97. The van der Waals surface area contributed by atoms with Gasteiger partial charge in [0.05, 0.1) is 12.7 Å². The Hall–Kier alpha value is -3.05. The van der Waals surface area contributed by atoms with Gasteiger partial charge in [-0.3, -0.25) is 0 Å². The summed E-state index contributed by atoms with van der Waals surface area (Å²) in [5.41, 5.74) is 0.916. The Kier molecular flexibility index (Phi) is 5.62. The van der Waals surface area contributed by atoms with Gasteiger partial charge >= 0.3 is 6.03 Å². The molecule has 8 nitrogen and oxygen atoms in total. The average molecular weight is 369 g/mol. The molecule has 0 aliphatic carbocycles. The topological polar surface area (TPSA) is 103 Å². The maximum atomic E-state index is 12.5. The summed E-state index contributed by atoms with van der Waals surface area (Å²) in [6.07, 6.45) is 4.26. The van der Waals surface area contributed by atoms with E-state index in [1.807, 2.05) is 17.8 Å². The molecule has 0 saturated carbocycles. The summed E-state index contributed by atoms with van der Waals surface area (Å²) < 4.78 is 6.93. The smallest absolute Gasteiger partial charge is 0.321 e. The average Bonchev–Trinajstić information content (AvgIpc) is 3.13. The van der Waals surface area contributed by atoms with Crippen LogP contribution in [-0.2, 0) is 7.05 Å². The Morgan fingerprint density at radius 2 is 2.19 bits per heavy atom. The van der Waals surface area contributed by atoms with E-state index in [4.69, 9.17) is 10.00 Å². The SMILES string of the molecule is COc1ccc(NC(=O)N2CCC([C@@H](O)c3nccn3C)CC2)cc1C#N. The van der Waals surface area contributed by atoms with Gasteiger partial charge in [0, 0.05) is 38.2 Å². The molecule has 142 valence electrons. The Labute approximate surface area is 158 Å². The van der Waals surface area contributed by atoms with Gasteiger partial charge in [-0.15, -0.1) is 0 Å². The zero-order valence-corrected chi connectivity index (χ0v) is 15.4. The van der Waals surface area contributed by atoms with Gasteiger partial charge in [-0.25, -0.2) is 9.78 Å². The second-order valence-corrected chi connectivity index (χ2v) is 6.62. The van der Waals surface area contributed by atoms with E-state index in [1.54, 1.807) is 29.3 Å². The van der Waals surface area contributed by atoms with E-state index in [2.05, 4.69) is 16.4 Å². The maximum Gasteiger partial charge on any atom is 0.321 e. The van der Waals surface area contributed by atoms with E-state index >= 15 is 0 Å². The highest BCUT2D eigenvalue weighted by atomic mass is 16.5. The number of imidazole rings is 1. The van der Waals surface area contributed by atoms with Crippen molar-refractivity contribution in [1.29, 1.82) is 5.26 Å². The minimum atomic E-state index is -0.630. The number of ether oxygens (including phenoxy) is 1. The predicted octanol–water partition coefficient (Wildman–Crippen LogP) is 2.28. The van der Waals surface area contributed by atoms with E-state index < -0.39 is 6.10 Å². The molecular formula is C19H23N5O3. The van der Waals surface area contributed by atoms with E-state index in [9.17, 15) is 9.90 Å². The van der Waals surface area contributed by atoms with Gasteiger partial charge in [0.1, 0.15) is 23.7 Å². The molecular weight excluding hydrogens is 346 g/mol. The molecule has 2 amide bonds. The van der Waals surface area contributed by atoms with Crippen LogP contribution in [0.25, 0.3) is 0 Å². The van der Waals surface area contributed by atoms with Crippen molar-refractivity contribution in [2.24, 2.45) is 13.0 Å². The van der Waals surface area contributed by atoms with Crippen LogP contribution < -0.4 is 10.1 Å². The van der Waals surface area contributed by atoms with Crippen LogP contribution in [0.4, 0.5) is 10.5 Å². The number of methoxy groups -OCH3 is 1. The Balaban J connectivity index is 1.57. The lowest BCUT2D eigenvalue weighted by molar-refractivity contribution is 0.0600. The van der Waals surface area contributed by atoms with Gasteiger partial charge in [0.25, 0.3) is 0 Å². The minimum absolute atomic E-state index is 0.0707. The van der Waals surface area contributed by atoms with Gasteiger partial charge in [-0.05, 0) is 37.0 Å². The summed E-state index contributed by atoms with van der Waals surface area (Å²) in [6.45, 7) is 1.11. The fraction of sp³-hybridized carbons (Fsp3) is 0.421. The zero-order valence-electron chi connectivity index (χ0n) is 15.4. The number of hydrogen-bond donors (Lipinski definition) is 2. The first-order valence-corrected chi connectivity index (χ1v) is 8.83. The van der Waals surface area contributed by atoms with Crippen molar-refractivity contribution in [2.75, 3.05) is 25.5 Å². The highest BCUT2D eigenvalue weighted by Gasteiger charge is 2.30. The lowest BCUT2D eigenvalue weighted by atomic mass is 9.91. The highest BCUT2D eigenvalue weighted by Crippen LogP contribution is 2.30. The molecule has 27 heavy (non-hydrogen) atoms. The van der Waals surface area contributed by atoms with Crippen molar-refractivity contribution in [3.63, 3.8) is 0 Å². The molecule has 2 aromatic rings. The molecule has 1 saturated heterocycles. The molecule has 2 N–H and O–H groups in total. The number of aryl methyl sites for hydroxylation is 1. The van der Waals surface area contributed by atoms with Gasteiger partial charge in [-0.2, -0.15) is 5.26 Å². The van der Waals surface area contributed by atoms with Crippen LogP contribution in [0.15, 0.2) is 30.6 Å². The molecule has 8 heteroatoms. The first-order chi connectivity index (χ1) is 13.0. The lowest BCUT2D eigenvalue weighted by Gasteiger charge is -2.34. The van der Waals surface area contributed by atoms with Gasteiger partial charge in [0.2, 0.25) is 0 Å². The molecule has 0 bridgehead atoms. The largest absolute Gasteiger partial charge is 0.495 e. The van der Waals surface area contributed by atoms with Gasteiger partial charge < -0.3 is 24.6 Å². The number of urea groups is 1. The molecule has 0 spiro atoms. The standard InChI is InChI=1S/C19H23N5O3/c1-23-10-7-21-18(23)17(25)13-5-8-24(9-6-13)19(26)22-15-3-4-16(27-2)14(11-15)12-20/h3-4,7,10-11,13,17,25H,5-6,8-9H2,1-2H3,(H,22,26)/t17-/m1/s1. The van der Waals surface area contributed by atoms with Crippen molar-refractivity contribution in [3.05, 3.63) is 42.0 Å². The molecule has 1 aliphatic rings. The summed E-state index contributed by atoms with van der Waals surface area (Å²) in [6, 6.07) is 6.79. The summed E-state index contributed by atoms with van der Waals surface area (Å²) >= 11 is 0. The third kappa shape index (κ3) is 4.04. The number of anilines is 1. The number of aromatic nitrogens is 2. The van der Waals surface area contributed by atoms with Crippen LogP contribution in [0.5, 0.6) is 5.75 Å².